The first-order valence-corrected chi connectivity index (χ1v) is 17.2. The Kier molecular flexibility index (Phi) is 9.49. The van der Waals surface area contributed by atoms with Gasteiger partial charge in [0, 0.05) is 24.8 Å². The lowest BCUT2D eigenvalue weighted by Crippen LogP contribution is -2.47. The van der Waals surface area contributed by atoms with Crippen LogP contribution in [0.3, 0.4) is 0 Å². The molecule has 0 radical (unpaired) electrons. The Morgan fingerprint density at radius 3 is 1.28 bits per heavy atom. The number of hydrogen-bond donors (Lipinski definition) is 0. The van der Waals surface area contributed by atoms with Gasteiger partial charge in [0.05, 0.1) is 0 Å². The molecule has 0 amide bonds. The third-order valence-electron chi connectivity index (χ3n) is 5.33. The summed E-state index contributed by atoms with van der Waals surface area (Å²) in [5.74, 6) is 0.700. The van der Waals surface area contributed by atoms with Crippen molar-refractivity contribution >= 4 is 47.6 Å². The standard InChI is InChI=1S/C16H38Cl2NO3PSi2/c1-15(2,3)24(7,8)21-23(20,19(13-11-17)14-12-18)22-25(9,10)16(4,5)6/h11-14H2,1-10H3. The highest BCUT2D eigenvalue weighted by molar-refractivity contribution is 7.54. The predicted molar refractivity (Wildman–Crippen MR) is 117 cm³/mol. The molecule has 0 saturated carbocycles. The van der Waals surface area contributed by atoms with Crippen molar-refractivity contribution in [3.63, 3.8) is 0 Å². The maximum Gasteiger partial charge on any atom is 0.388 e. The van der Waals surface area contributed by atoms with Gasteiger partial charge in [0.1, 0.15) is 0 Å². The Balaban J connectivity index is 6.00. The van der Waals surface area contributed by atoms with E-state index < -0.39 is 24.4 Å². The van der Waals surface area contributed by atoms with Gasteiger partial charge in [-0.1, -0.05) is 41.5 Å². The van der Waals surface area contributed by atoms with Crippen LogP contribution in [-0.2, 0) is 13.0 Å². The molecule has 0 rings (SSSR count). The number of halogens is 2. The molecule has 152 valence electrons. The Bertz CT molecular complexity index is 439. The summed E-state index contributed by atoms with van der Waals surface area (Å²) < 4.78 is 28.6. The first-order valence-electron chi connectivity index (χ1n) is 8.82. The van der Waals surface area contributed by atoms with Crippen LogP contribution in [0, 0.1) is 0 Å². The molecule has 0 atom stereocenters. The van der Waals surface area contributed by atoms with Gasteiger partial charge in [-0.3, -0.25) is 0 Å². The lowest BCUT2D eigenvalue weighted by Gasteiger charge is -2.45. The summed E-state index contributed by atoms with van der Waals surface area (Å²) in [6, 6.07) is 0. The molecule has 25 heavy (non-hydrogen) atoms. The van der Waals surface area contributed by atoms with Crippen molar-refractivity contribution in [2.24, 2.45) is 0 Å². The van der Waals surface area contributed by atoms with E-state index in [-0.39, 0.29) is 10.1 Å². The van der Waals surface area contributed by atoms with Crippen LogP contribution in [0.5, 0.6) is 0 Å². The van der Waals surface area contributed by atoms with Crippen LogP contribution in [0.4, 0.5) is 0 Å². The van der Waals surface area contributed by atoms with Crippen LogP contribution in [0.25, 0.3) is 0 Å². The van der Waals surface area contributed by atoms with E-state index in [1.165, 1.54) is 0 Å². The summed E-state index contributed by atoms with van der Waals surface area (Å²) >= 11 is 11.9. The van der Waals surface area contributed by atoms with Gasteiger partial charge in [-0.15, -0.1) is 23.2 Å². The van der Waals surface area contributed by atoms with Gasteiger partial charge in [-0.05, 0) is 36.3 Å². The van der Waals surface area contributed by atoms with E-state index in [1.54, 1.807) is 4.67 Å². The molecule has 0 heterocycles. The first-order chi connectivity index (χ1) is 10.9. The van der Waals surface area contributed by atoms with Crippen molar-refractivity contribution in [3.05, 3.63) is 0 Å². The maximum atomic E-state index is 14.1. The summed E-state index contributed by atoms with van der Waals surface area (Å²) in [6.07, 6.45) is 0. The summed E-state index contributed by atoms with van der Waals surface area (Å²) in [4.78, 5) is 0. The zero-order valence-corrected chi connectivity index (χ0v) is 22.1. The second-order valence-corrected chi connectivity index (χ2v) is 22.3. The molecule has 0 spiro atoms. The molecule has 0 unspecified atom stereocenters. The monoisotopic (exact) mass is 449 g/mol. The van der Waals surface area contributed by atoms with Crippen LogP contribution in [-0.4, -0.2) is 46.2 Å². The fourth-order valence-corrected chi connectivity index (χ4v) is 11.1. The summed E-state index contributed by atoms with van der Waals surface area (Å²) in [5.41, 5.74) is 0. The molecular weight excluding hydrogens is 412 g/mol. The molecule has 0 aliphatic heterocycles. The molecule has 0 bridgehead atoms. The minimum atomic E-state index is -3.51. The highest BCUT2D eigenvalue weighted by Crippen LogP contribution is 2.61. The Hall–Kier alpha value is 1.12. The molecular formula is C16H38Cl2NO3PSi2. The third-order valence-corrected chi connectivity index (χ3v) is 19.5. The van der Waals surface area contributed by atoms with Gasteiger partial charge >= 0.3 is 7.75 Å². The van der Waals surface area contributed by atoms with Gasteiger partial charge in [-0.2, -0.15) is 0 Å². The highest BCUT2D eigenvalue weighted by atomic mass is 35.5. The van der Waals surface area contributed by atoms with Crippen molar-refractivity contribution < 1.29 is 13.0 Å². The average Bonchev–Trinajstić information content (AvgIpc) is 2.34. The summed E-state index contributed by atoms with van der Waals surface area (Å²) in [6.45, 7) is 22.0. The Morgan fingerprint density at radius 2 is 1.08 bits per heavy atom. The number of hydrogen-bond acceptors (Lipinski definition) is 3. The van der Waals surface area contributed by atoms with Gasteiger partial charge in [-0.25, -0.2) is 9.24 Å². The quantitative estimate of drug-likeness (QED) is 0.217. The van der Waals surface area contributed by atoms with E-state index in [0.717, 1.165) is 0 Å². The van der Waals surface area contributed by atoms with Crippen LogP contribution in [0.1, 0.15) is 41.5 Å². The van der Waals surface area contributed by atoms with Crippen molar-refractivity contribution in [1.82, 2.24) is 4.67 Å². The van der Waals surface area contributed by atoms with Crippen molar-refractivity contribution in [2.75, 3.05) is 24.8 Å². The Morgan fingerprint density at radius 1 is 0.800 bits per heavy atom. The molecule has 0 fully saturated rings. The van der Waals surface area contributed by atoms with E-state index >= 15 is 0 Å². The molecule has 0 saturated heterocycles. The van der Waals surface area contributed by atoms with E-state index in [2.05, 4.69) is 67.7 Å². The molecule has 0 N–H and O–H groups in total. The van der Waals surface area contributed by atoms with Gasteiger partial charge < -0.3 is 8.43 Å². The molecule has 0 aromatic carbocycles. The van der Waals surface area contributed by atoms with Gasteiger partial charge in [0.15, 0.2) is 0 Å². The van der Waals surface area contributed by atoms with Crippen molar-refractivity contribution in [1.29, 1.82) is 0 Å². The number of nitrogens with zero attached hydrogens (tertiary/aromatic N) is 1. The maximum absolute atomic E-state index is 14.1. The van der Waals surface area contributed by atoms with Crippen LogP contribution >= 0.6 is 30.9 Å². The predicted octanol–water partition coefficient (Wildman–Crippen LogP) is 6.92. The zero-order chi connectivity index (χ0) is 20.3. The SMILES string of the molecule is CC(C)(C)[Si](C)(C)OP(=O)(O[Si](C)(C)C(C)(C)C)N(CCCl)CCCl. The van der Waals surface area contributed by atoms with Crippen molar-refractivity contribution in [3.8, 4) is 0 Å². The fraction of sp³-hybridized carbons (Fsp3) is 1.00. The molecule has 4 nitrogen and oxygen atoms in total. The summed E-state index contributed by atoms with van der Waals surface area (Å²) in [7, 11) is -8.14. The largest absolute Gasteiger partial charge is 0.388 e. The second-order valence-electron chi connectivity index (χ2n) is 9.50. The average molecular weight is 451 g/mol. The highest BCUT2D eigenvalue weighted by Gasteiger charge is 2.51. The fourth-order valence-electron chi connectivity index (χ4n) is 1.54. The molecule has 0 aromatic heterocycles. The number of alkyl halides is 2. The minimum absolute atomic E-state index is 0.0763. The van der Waals surface area contributed by atoms with Crippen LogP contribution in [0.15, 0.2) is 0 Å². The van der Waals surface area contributed by atoms with E-state index in [9.17, 15) is 4.57 Å². The lowest BCUT2D eigenvalue weighted by molar-refractivity contribution is 0.278. The second kappa shape index (κ2) is 9.08. The molecule has 0 aliphatic rings. The van der Waals surface area contributed by atoms with Gasteiger partial charge in [0.25, 0.3) is 0 Å². The van der Waals surface area contributed by atoms with Crippen LogP contribution < -0.4 is 0 Å². The third kappa shape index (κ3) is 7.22. The normalized spacial score (nSPS) is 15.1. The van der Waals surface area contributed by atoms with Crippen LogP contribution in [0.2, 0.25) is 36.3 Å². The summed E-state index contributed by atoms with van der Waals surface area (Å²) in [5, 5.41) is -0.153. The molecule has 0 aromatic rings. The molecule has 9 heteroatoms. The smallest absolute Gasteiger partial charge is 0.339 e. The minimum Gasteiger partial charge on any atom is -0.339 e. The molecule has 0 aliphatic carbocycles. The van der Waals surface area contributed by atoms with E-state index in [0.29, 0.717) is 24.8 Å². The number of rotatable bonds is 9. The topological polar surface area (TPSA) is 38.8 Å². The zero-order valence-electron chi connectivity index (χ0n) is 17.7. The van der Waals surface area contributed by atoms with E-state index in [4.69, 9.17) is 31.6 Å². The lowest BCUT2D eigenvalue weighted by atomic mass is 10.2. The van der Waals surface area contributed by atoms with Gasteiger partial charge in [0.2, 0.25) is 16.6 Å². The Labute approximate surface area is 167 Å². The first kappa shape index (κ1) is 26.1. The van der Waals surface area contributed by atoms with Crippen molar-refractivity contribution in [2.45, 2.75) is 77.8 Å². The van der Waals surface area contributed by atoms with E-state index in [1.807, 2.05) is 0 Å².